The van der Waals surface area contributed by atoms with E-state index in [2.05, 4.69) is 12.2 Å². The molecule has 2 aliphatic rings. The second-order valence-electron chi connectivity index (χ2n) is 5.56. The largest absolute Gasteiger partial charge is 0.477 e. The van der Waals surface area contributed by atoms with Gasteiger partial charge in [0, 0.05) is 18.2 Å². The smallest absolute Gasteiger partial charge is 0.352 e. The van der Waals surface area contributed by atoms with E-state index in [0.29, 0.717) is 24.3 Å². The van der Waals surface area contributed by atoms with Gasteiger partial charge in [-0.2, -0.15) is 0 Å². The van der Waals surface area contributed by atoms with Crippen molar-refractivity contribution < 1.29 is 24.2 Å². The fraction of sp³-hybridized carbons (Fsp3) is 0.667. The second-order valence-corrected chi connectivity index (χ2v) is 6.73. The van der Waals surface area contributed by atoms with E-state index in [1.54, 1.807) is 0 Å². The molecule has 2 aliphatic heterocycles. The van der Waals surface area contributed by atoms with Gasteiger partial charge in [-0.25, -0.2) is 4.79 Å². The Morgan fingerprint density at radius 2 is 2.22 bits per heavy atom. The standard InChI is InChI=1S/C15H22N2O5S/c1-3-4-5-6-16-14(22-9(2)18)10-8-23-12-7-11(19)17(12)13(10)15(20)21/h12,14,16H,3-8H2,1-2H3,(H,20,21)/t12-,14?/m1/s1. The zero-order chi connectivity index (χ0) is 17.0. The summed E-state index contributed by atoms with van der Waals surface area (Å²) in [6, 6.07) is 0. The number of hydrogen-bond acceptors (Lipinski definition) is 6. The van der Waals surface area contributed by atoms with Crippen molar-refractivity contribution >= 4 is 29.6 Å². The topological polar surface area (TPSA) is 95.9 Å². The van der Waals surface area contributed by atoms with Gasteiger partial charge in [0.25, 0.3) is 0 Å². The lowest BCUT2D eigenvalue weighted by Gasteiger charge is -2.44. The van der Waals surface area contributed by atoms with Crippen molar-refractivity contribution in [3.8, 4) is 0 Å². The molecule has 1 unspecified atom stereocenters. The van der Waals surface area contributed by atoms with Crippen molar-refractivity contribution in [3.63, 3.8) is 0 Å². The SMILES string of the molecule is CCCCCNC(OC(C)=O)C1=C(C(=O)O)N2C(=O)C[C@H]2SC1. The van der Waals surface area contributed by atoms with Crippen molar-refractivity contribution in [2.75, 3.05) is 12.3 Å². The molecule has 7 nitrogen and oxygen atoms in total. The number of amides is 1. The summed E-state index contributed by atoms with van der Waals surface area (Å²) >= 11 is 1.50. The molecule has 0 bridgehead atoms. The Labute approximate surface area is 139 Å². The van der Waals surface area contributed by atoms with Crippen LogP contribution in [0, 0.1) is 0 Å². The van der Waals surface area contributed by atoms with E-state index in [-0.39, 0.29) is 17.0 Å². The highest BCUT2D eigenvalue weighted by atomic mass is 32.2. The molecule has 2 atom stereocenters. The number of carbonyl (C=O) groups is 3. The Bertz CT molecular complexity index is 534. The van der Waals surface area contributed by atoms with E-state index in [1.165, 1.54) is 23.6 Å². The summed E-state index contributed by atoms with van der Waals surface area (Å²) in [6.07, 6.45) is 2.55. The first kappa shape index (κ1) is 17.8. The van der Waals surface area contributed by atoms with E-state index in [1.807, 2.05) is 0 Å². The number of carboxylic acid groups (broad SMARTS) is 1. The molecular weight excluding hydrogens is 320 g/mol. The Hall–Kier alpha value is -1.54. The van der Waals surface area contributed by atoms with Gasteiger partial charge in [0.15, 0.2) is 6.23 Å². The van der Waals surface area contributed by atoms with Gasteiger partial charge in [-0.15, -0.1) is 11.8 Å². The highest BCUT2D eigenvalue weighted by Crippen LogP contribution is 2.40. The summed E-state index contributed by atoms with van der Waals surface area (Å²) in [5.74, 6) is -1.43. The number of nitrogens with zero attached hydrogens (tertiary/aromatic N) is 1. The molecule has 1 saturated heterocycles. The molecule has 0 radical (unpaired) electrons. The minimum atomic E-state index is -1.16. The fourth-order valence-corrected chi connectivity index (χ4v) is 3.94. The normalized spacial score (nSPS) is 21.6. The molecule has 0 spiro atoms. The van der Waals surface area contributed by atoms with Crippen LogP contribution in [0.5, 0.6) is 0 Å². The minimum absolute atomic E-state index is 0.0424. The predicted octanol–water partition coefficient (Wildman–Crippen LogP) is 1.30. The number of nitrogens with one attached hydrogen (secondary N) is 1. The molecule has 0 aromatic carbocycles. The number of β-lactam (4-membered cyclic amide) rings is 1. The molecule has 1 fully saturated rings. The third-order valence-electron chi connectivity index (χ3n) is 3.80. The lowest BCUT2D eigenvalue weighted by atomic mass is 10.1. The molecule has 128 valence electrons. The number of aliphatic carboxylic acids is 1. The maximum Gasteiger partial charge on any atom is 0.352 e. The van der Waals surface area contributed by atoms with Crippen molar-refractivity contribution in [1.29, 1.82) is 0 Å². The summed E-state index contributed by atoms with van der Waals surface area (Å²) in [7, 11) is 0. The van der Waals surface area contributed by atoms with E-state index in [0.717, 1.165) is 19.3 Å². The Morgan fingerprint density at radius 1 is 1.48 bits per heavy atom. The molecule has 1 amide bonds. The predicted molar refractivity (Wildman–Crippen MR) is 85.5 cm³/mol. The van der Waals surface area contributed by atoms with Gasteiger partial charge < -0.3 is 9.84 Å². The van der Waals surface area contributed by atoms with Crippen LogP contribution in [0.25, 0.3) is 0 Å². The van der Waals surface area contributed by atoms with Crippen LogP contribution in [0.1, 0.15) is 39.5 Å². The number of carboxylic acids is 1. The fourth-order valence-electron chi connectivity index (χ4n) is 2.65. The van der Waals surface area contributed by atoms with Gasteiger partial charge in [0.1, 0.15) is 5.70 Å². The monoisotopic (exact) mass is 342 g/mol. The van der Waals surface area contributed by atoms with Crippen LogP contribution in [-0.4, -0.2) is 51.8 Å². The van der Waals surface area contributed by atoms with Gasteiger partial charge in [0.05, 0.1) is 11.8 Å². The highest BCUT2D eigenvalue weighted by molar-refractivity contribution is 8.00. The van der Waals surface area contributed by atoms with Crippen LogP contribution in [0.15, 0.2) is 11.3 Å². The lowest BCUT2D eigenvalue weighted by Crippen LogP contribution is -2.55. The molecule has 0 aliphatic carbocycles. The third kappa shape index (κ3) is 4.06. The van der Waals surface area contributed by atoms with Gasteiger partial charge >= 0.3 is 11.9 Å². The maximum absolute atomic E-state index is 11.8. The Kier molecular flexibility index (Phi) is 6.06. The molecule has 2 N–H and O–H groups in total. The van der Waals surface area contributed by atoms with Crippen LogP contribution in [0.4, 0.5) is 0 Å². The van der Waals surface area contributed by atoms with Crippen LogP contribution in [0.3, 0.4) is 0 Å². The summed E-state index contributed by atoms with van der Waals surface area (Å²) in [5.41, 5.74) is 0.401. The number of esters is 1. The number of thioether (sulfide) groups is 1. The van der Waals surface area contributed by atoms with E-state index < -0.39 is 18.2 Å². The first-order chi connectivity index (χ1) is 11.0. The average Bonchev–Trinajstić information content (AvgIpc) is 2.48. The van der Waals surface area contributed by atoms with Crippen molar-refractivity contribution in [2.24, 2.45) is 0 Å². The second kappa shape index (κ2) is 7.83. The first-order valence-corrected chi connectivity index (χ1v) is 8.81. The van der Waals surface area contributed by atoms with Crippen LogP contribution < -0.4 is 5.32 Å². The third-order valence-corrected chi connectivity index (χ3v) is 5.04. The van der Waals surface area contributed by atoms with Crippen LogP contribution in [0.2, 0.25) is 0 Å². The Balaban J connectivity index is 2.22. The minimum Gasteiger partial charge on any atom is -0.477 e. The highest BCUT2D eigenvalue weighted by Gasteiger charge is 2.46. The number of hydrogen-bond donors (Lipinski definition) is 2. The molecular formula is C15H22N2O5S. The first-order valence-electron chi connectivity index (χ1n) is 7.76. The summed E-state index contributed by atoms with van der Waals surface area (Å²) in [4.78, 5) is 36.1. The van der Waals surface area contributed by atoms with Gasteiger partial charge in [-0.1, -0.05) is 19.8 Å². The Morgan fingerprint density at radius 3 is 2.78 bits per heavy atom. The van der Waals surface area contributed by atoms with Gasteiger partial charge in [0.2, 0.25) is 5.91 Å². The summed E-state index contributed by atoms with van der Waals surface area (Å²) in [6.45, 7) is 3.99. The van der Waals surface area contributed by atoms with E-state index >= 15 is 0 Å². The molecule has 2 rings (SSSR count). The number of unbranched alkanes of at least 4 members (excludes halogenated alkanes) is 2. The summed E-state index contributed by atoms with van der Waals surface area (Å²) in [5, 5.41) is 12.5. The number of fused-ring (bicyclic) bond motifs is 1. The van der Waals surface area contributed by atoms with Gasteiger partial charge in [-0.3, -0.25) is 19.8 Å². The van der Waals surface area contributed by atoms with Crippen molar-refractivity contribution in [3.05, 3.63) is 11.3 Å². The van der Waals surface area contributed by atoms with Crippen molar-refractivity contribution in [1.82, 2.24) is 10.2 Å². The van der Waals surface area contributed by atoms with E-state index in [4.69, 9.17) is 4.74 Å². The van der Waals surface area contributed by atoms with E-state index in [9.17, 15) is 19.5 Å². The zero-order valence-electron chi connectivity index (χ0n) is 13.3. The van der Waals surface area contributed by atoms with Crippen LogP contribution in [-0.2, 0) is 19.1 Å². The number of carbonyl (C=O) groups excluding carboxylic acids is 2. The molecule has 23 heavy (non-hydrogen) atoms. The molecule has 8 heteroatoms. The molecule has 2 heterocycles. The number of ether oxygens (including phenoxy) is 1. The molecule has 0 saturated carbocycles. The maximum atomic E-state index is 11.8. The van der Waals surface area contributed by atoms with Gasteiger partial charge in [-0.05, 0) is 13.0 Å². The summed E-state index contributed by atoms with van der Waals surface area (Å²) < 4.78 is 5.27. The van der Waals surface area contributed by atoms with Crippen molar-refractivity contribution in [2.45, 2.75) is 51.1 Å². The quantitative estimate of drug-likeness (QED) is 0.297. The lowest BCUT2D eigenvalue weighted by molar-refractivity contribution is -0.148. The average molecular weight is 342 g/mol. The zero-order valence-corrected chi connectivity index (χ0v) is 14.1. The number of rotatable bonds is 8. The van der Waals surface area contributed by atoms with Crippen LogP contribution >= 0.6 is 11.8 Å². The molecule has 0 aromatic heterocycles. The molecule has 0 aromatic rings.